The van der Waals surface area contributed by atoms with Gasteiger partial charge in [0.15, 0.2) is 0 Å². The van der Waals surface area contributed by atoms with Crippen molar-refractivity contribution in [3.05, 3.63) is 36.5 Å². The average Bonchev–Trinajstić information content (AvgIpc) is 3.04. The number of amides is 2. The topological polar surface area (TPSA) is 75.4 Å². The first-order chi connectivity index (χ1) is 11.1. The predicted molar refractivity (Wildman–Crippen MR) is 85.5 cm³/mol. The van der Waals surface area contributed by atoms with Crippen LogP contribution in [0.3, 0.4) is 0 Å². The molecule has 0 aliphatic carbocycles. The SMILES string of the molecule is CC(=O)N1CCC(C(=O)Nc2oncc2-c2ccccc2)CC1. The number of aromatic nitrogens is 1. The molecule has 0 spiro atoms. The Balaban J connectivity index is 1.66. The number of carbonyl (C=O) groups excluding carboxylic acids is 2. The van der Waals surface area contributed by atoms with Crippen molar-refractivity contribution in [2.75, 3.05) is 18.4 Å². The second-order valence-electron chi connectivity index (χ2n) is 5.70. The van der Waals surface area contributed by atoms with Gasteiger partial charge in [-0.25, -0.2) is 0 Å². The highest BCUT2D eigenvalue weighted by atomic mass is 16.5. The highest BCUT2D eigenvalue weighted by Gasteiger charge is 2.27. The molecule has 1 saturated heterocycles. The first-order valence-electron chi connectivity index (χ1n) is 7.71. The lowest BCUT2D eigenvalue weighted by molar-refractivity contribution is -0.132. The van der Waals surface area contributed by atoms with Gasteiger partial charge in [-0.2, -0.15) is 0 Å². The van der Waals surface area contributed by atoms with E-state index in [2.05, 4.69) is 10.5 Å². The first-order valence-corrected chi connectivity index (χ1v) is 7.71. The number of hydrogen-bond acceptors (Lipinski definition) is 4. The average molecular weight is 313 g/mol. The zero-order valence-electron chi connectivity index (χ0n) is 13.0. The molecule has 0 radical (unpaired) electrons. The molecule has 0 bridgehead atoms. The van der Waals surface area contributed by atoms with Gasteiger partial charge >= 0.3 is 0 Å². The molecule has 2 aromatic rings. The van der Waals surface area contributed by atoms with Gasteiger partial charge < -0.3 is 9.42 Å². The van der Waals surface area contributed by atoms with Crippen molar-refractivity contribution < 1.29 is 14.1 Å². The van der Waals surface area contributed by atoms with Gasteiger partial charge in [0.1, 0.15) is 0 Å². The summed E-state index contributed by atoms with van der Waals surface area (Å²) in [4.78, 5) is 25.5. The van der Waals surface area contributed by atoms with E-state index in [4.69, 9.17) is 4.52 Å². The molecule has 1 aromatic carbocycles. The Bertz CT molecular complexity index is 688. The zero-order valence-corrected chi connectivity index (χ0v) is 13.0. The van der Waals surface area contributed by atoms with Crippen LogP contribution in [0.2, 0.25) is 0 Å². The minimum atomic E-state index is -0.112. The molecule has 1 aliphatic rings. The van der Waals surface area contributed by atoms with Crippen LogP contribution in [0.5, 0.6) is 0 Å². The third kappa shape index (κ3) is 3.41. The molecule has 23 heavy (non-hydrogen) atoms. The summed E-state index contributed by atoms with van der Waals surface area (Å²) >= 11 is 0. The third-order valence-corrected chi connectivity index (χ3v) is 4.20. The van der Waals surface area contributed by atoms with Crippen molar-refractivity contribution in [1.29, 1.82) is 0 Å². The second kappa shape index (κ2) is 6.64. The Morgan fingerprint density at radius 3 is 2.57 bits per heavy atom. The highest BCUT2D eigenvalue weighted by Crippen LogP contribution is 2.28. The van der Waals surface area contributed by atoms with Gasteiger partial charge in [-0.15, -0.1) is 0 Å². The molecule has 120 valence electrons. The molecular weight excluding hydrogens is 294 g/mol. The zero-order chi connectivity index (χ0) is 16.2. The number of nitrogens with zero attached hydrogens (tertiary/aromatic N) is 2. The van der Waals surface area contributed by atoms with Gasteiger partial charge in [0, 0.05) is 25.9 Å². The fourth-order valence-electron chi connectivity index (χ4n) is 2.82. The van der Waals surface area contributed by atoms with Crippen molar-refractivity contribution >= 4 is 17.7 Å². The quantitative estimate of drug-likeness (QED) is 0.945. The Morgan fingerprint density at radius 1 is 1.22 bits per heavy atom. The van der Waals surface area contributed by atoms with Crippen LogP contribution >= 0.6 is 0 Å². The van der Waals surface area contributed by atoms with Crippen LogP contribution in [-0.2, 0) is 9.59 Å². The summed E-state index contributed by atoms with van der Waals surface area (Å²) in [6.07, 6.45) is 2.93. The van der Waals surface area contributed by atoms with Crippen LogP contribution in [0.15, 0.2) is 41.1 Å². The van der Waals surface area contributed by atoms with Crippen LogP contribution < -0.4 is 5.32 Å². The monoisotopic (exact) mass is 313 g/mol. The maximum absolute atomic E-state index is 12.4. The molecule has 1 N–H and O–H groups in total. The Kier molecular flexibility index (Phi) is 4.41. The number of likely N-dealkylation sites (tertiary alicyclic amines) is 1. The van der Waals surface area contributed by atoms with Crippen molar-refractivity contribution in [1.82, 2.24) is 10.1 Å². The minimum Gasteiger partial charge on any atom is -0.343 e. The standard InChI is InChI=1S/C17H19N3O3/c1-12(21)20-9-7-14(8-10-20)16(22)19-17-15(11-18-23-17)13-5-3-2-4-6-13/h2-6,11,14H,7-10H2,1H3,(H,19,22). The van der Waals surface area contributed by atoms with E-state index in [1.807, 2.05) is 30.3 Å². The molecule has 2 heterocycles. The lowest BCUT2D eigenvalue weighted by Gasteiger charge is -2.30. The largest absolute Gasteiger partial charge is 0.343 e. The van der Waals surface area contributed by atoms with Gasteiger partial charge in [0.05, 0.1) is 11.8 Å². The number of rotatable bonds is 3. The summed E-state index contributed by atoms with van der Waals surface area (Å²) in [5.74, 6) is 0.238. The molecule has 0 saturated carbocycles. The van der Waals surface area contributed by atoms with Crippen LogP contribution in [-0.4, -0.2) is 35.0 Å². The molecule has 1 fully saturated rings. The Morgan fingerprint density at radius 2 is 1.91 bits per heavy atom. The molecule has 3 rings (SSSR count). The summed E-state index contributed by atoms with van der Waals surface area (Å²) < 4.78 is 5.19. The summed E-state index contributed by atoms with van der Waals surface area (Å²) in [5.41, 5.74) is 1.70. The first kappa shape index (κ1) is 15.3. The van der Waals surface area contributed by atoms with E-state index in [1.54, 1.807) is 18.0 Å². The summed E-state index contributed by atoms with van der Waals surface area (Å²) in [6.45, 7) is 2.80. The Labute approximate surface area is 134 Å². The maximum Gasteiger partial charge on any atom is 0.239 e. The van der Waals surface area contributed by atoms with E-state index in [9.17, 15) is 9.59 Å². The predicted octanol–water partition coefficient (Wildman–Crippen LogP) is 2.54. The van der Waals surface area contributed by atoms with Gasteiger partial charge in [-0.3, -0.25) is 14.9 Å². The number of piperidine rings is 1. The van der Waals surface area contributed by atoms with E-state index < -0.39 is 0 Å². The van der Waals surface area contributed by atoms with Gasteiger partial charge in [-0.1, -0.05) is 35.5 Å². The van der Waals surface area contributed by atoms with Crippen molar-refractivity contribution in [2.24, 2.45) is 5.92 Å². The third-order valence-electron chi connectivity index (χ3n) is 4.20. The molecule has 1 aliphatic heterocycles. The summed E-state index contributed by atoms with van der Waals surface area (Å²) in [5, 5.41) is 6.62. The van der Waals surface area contributed by atoms with Gasteiger partial charge in [0.25, 0.3) is 0 Å². The van der Waals surface area contributed by atoms with Crippen molar-refractivity contribution in [3.63, 3.8) is 0 Å². The molecule has 2 amide bonds. The maximum atomic E-state index is 12.4. The van der Waals surface area contributed by atoms with Crippen LogP contribution in [0.1, 0.15) is 19.8 Å². The second-order valence-corrected chi connectivity index (χ2v) is 5.70. The number of hydrogen-bond donors (Lipinski definition) is 1. The van der Waals surface area contributed by atoms with E-state index in [0.29, 0.717) is 31.8 Å². The smallest absolute Gasteiger partial charge is 0.239 e. The molecule has 0 unspecified atom stereocenters. The number of anilines is 1. The minimum absolute atomic E-state index is 0.0606. The molecular formula is C17H19N3O3. The number of benzene rings is 1. The van der Waals surface area contributed by atoms with E-state index in [0.717, 1.165) is 11.1 Å². The van der Waals surface area contributed by atoms with Gasteiger partial charge in [0.2, 0.25) is 17.7 Å². The lowest BCUT2D eigenvalue weighted by Crippen LogP contribution is -2.40. The van der Waals surface area contributed by atoms with E-state index in [1.165, 1.54) is 0 Å². The van der Waals surface area contributed by atoms with Crippen LogP contribution in [0, 0.1) is 5.92 Å². The van der Waals surface area contributed by atoms with Crippen LogP contribution in [0.25, 0.3) is 11.1 Å². The molecule has 6 heteroatoms. The van der Waals surface area contributed by atoms with Gasteiger partial charge in [-0.05, 0) is 18.4 Å². The van der Waals surface area contributed by atoms with Crippen molar-refractivity contribution in [2.45, 2.75) is 19.8 Å². The normalized spacial score (nSPS) is 15.4. The van der Waals surface area contributed by atoms with Crippen molar-refractivity contribution in [3.8, 4) is 11.1 Å². The summed E-state index contributed by atoms with van der Waals surface area (Å²) in [7, 11) is 0. The van der Waals surface area contributed by atoms with E-state index >= 15 is 0 Å². The van der Waals surface area contributed by atoms with E-state index in [-0.39, 0.29) is 17.7 Å². The Hall–Kier alpha value is -2.63. The van der Waals surface area contributed by atoms with Crippen LogP contribution in [0.4, 0.5) is 5.88 Å². The lowest BCUT2D eigenvalue weighted by atomic mass is 9.96. The molecule has 6 nitrogen and oxygen atoms in total. The number of nitrogens with one attached hydrogen (secondary N) is 1. The number of carbonyl (C=O) groups is 2. The molecule has 0 atom stereocenters. The highest BCUT2D eigenvalue weighted by molar-refractivity contribution is 5.94. The molecule has 1 aromatic heterocycles. The summed E-state index contributed by atoms with van der Waals surface area (Å²) in [6, 6.07) is 9.65. The fraction of sp³-hybridized carbons (Fsp3) is 0.353. The fourth-order valence-corrected chi connectivity index (χ4v) is 2.82.